The van der Waals surface area contributed by atoms with Crippen molar-refractivity contribution in [3.8, 4) is 0 Å². The van der Waals surface area contributed by atoms with Gasteiger partial charge in [-0.1, -0.05) is 90.7 Å². The van der Waals surface area contributed by atoms with Crippen LogP contribution in [0, 0.1) is 59.5 Å². The third-order valence-electron chi connectivity index (χ3n) is 5.36. The van der Waals surface area contributed by atoms with E-state index in [1.54, 1.807) is 5.57 Å². The van der Waals surface area contributed by atoms with Crippen molar-refractivity contribution in [2.45, 2.75) is 105 Å². The third kappa shape index (κ3) is 23.2. The topological polar surface area (TPSA) is 0 Å². The number of rotatable bonds is 5. The van der Waals surface area contributed by atoms with Crippen molar-refractivity contribution >= 4 is 0 Å². The predicted molar refractivity (Wildman–Crippen MR) is 152 cm³/mol. The first-order chi connectivity index (χ1) is 14.5. The fourth-order valence-electron chi connectivity index (χ4n) is 2.84. The summed E-state index contributed by atoms with van der Waals surface area (Å²) >= 11 is 0. The van der Waals surface area contributed by atoms with Gasteiger partial charge in [-0.2, -0.15) is 25.3 Å². The van der Waals surface area contributed by atoms with E-state index in [0.717, 1.165) is 31.6 Å². The number of unbranched alkanes of at least 4 members (excludes halogenated alkanes) is 3. The molecule has 3 aliphatic carbocycles. The van der Waals surface area contributed by atoms with Gasteiger partial charge in [-0.25, -0.2) is 30.2 Å². The fourth-order valence-corrected chi connectivity index (χ4v) is 2.84. The minimum atomic E-state index is 0. The molecule has 1 unspecified atom stereocenters. The van der Waals surface area contributed by atoms with Crippen molar-refractivity contribution in [2.24, 2.45) is 11.3 Å². The minimum Gasteiger partial charge on any atom is -0.358 e. The van der Waals surface area contributed by atoms with Gasteiger partial charge in [0.05, 0.1) is 0 Å². The maximum Gasteiger partial charge on any atom is 0 e. The summed E-state index contributed by atoms with van der Waals surface area (Å²) in [6.07, 6.45) is 31.8. The van der Waals surface area contributed by atoms with Gasteiger partial charge in [0, 0.05) is 25.8 Å². The maximum atomic E-state index is 3.60. The normalized spacial score (nSPS) is 17.0. The quantitative estimate of drug-likeness (QED) is 0.163. The van der Waals surface area contributed by atoms with E-state index in [2.05, 4.69) is 92.2 Å². The van der Waals surface area contributed by atoms with Gasteiger partial charge in [-0.05, 0) is 5.92 Å². The molecular weight excluding hydrogens is 563 g/mol. The van der Waals surface area contributed by atoms with Crippen LogP contribution in [-0.2, 0) is 25.8 Å². The van der Waals surface area contributed by atoms with Gasteiger partial charge in [0.1, 0.15) is 0 Å². The molecule has 0 N–H and O–H groups in total. The molecular formula is C32H57Hf-7. The van der Waals surface area contributed by atoms with Crippen molar-refractivity contribution in [2.75, 3.05) is 0 Å². The van der Waals surface area contributed by atoms with Gasteiger partial charge >= 0.3 is 0 Å². The van der Waals surface area contributed by atoms with Crippen LogP contribution in [0.4, 0.5) is 0 Å². The summed E-state index contributed by atoms with van der Waals surface area (Å²) in [5.74, 6) is 0.756. The molecule has 0 aliphatic heterocycles. The third-order valence-corrected chi connectivity index (χ3v) is 5.36. The van der Waals surface area contributed by atoms with E-state index in [9.17, 15) is 0 Å². The molecule has 0 radical (unpaired) electrons. The van der Waals surface area contributed by atoms with E-state index in [1.807, 2.05) is 12.2 Å². The second kappa shape index (κ2) is 31.7. The molecule has 0 spiro atoms. The molecule has 0 aromatic rings. The first-order valence-electron chi connectivity index (χ1n) is 12.4. The predicted octanol–water partition coefficient (Wildman–Crippen LogP) is 11.0. The van der Waals surface area contributed by atoms with Crippen LogP contribution in [0.15, 0.2) is 42.0 Å². The summed E-state index contributed by atoms with van der Waals surface area (Å²) in [5.41, 5.74) is 1.98. The van der Waals surface area contributed by atoms with Crippen LogP contribution in [0.3, 0.4) is 0 Å². The summed E-state index contributed by atoms with van der Waals surface area (Å²) in [6, 6.07) is 0. The average Bonchev–Trinajstić information content (AvgIpc) is 3.54. The van der Waals surface area contributed by atoms with Crippen LogP contribution in [-0.4, -0.2) is 0 Å². The largest absolute Gasteiger partial charge is 0.358 e. The van der Waals surface area contributed by atoms with Crippen molar-refractivity contribution in [1.82, 2.24) is 0 Å². The molecule has 1 atom stereocenters. The SMILES string of the molecule is CCC1(CC)C=CC2CC[CH-]C2=C1.[C-]1=CC=CC1.[CH2-]CCC.[CH2-]CCC.[CH2-]CCC.[CH3-].[CH3-].[Hf]. The molecule has 0 amide bonds. The first-order valence-corrected chi connectivity index (χ1v) is 12.4. The Balaban J connectivity index is -0.000000111. The Labute approximate surface area is 231 Å². The van der Waals surface area contributed by atoms with Gasteiger partial charge in [0.25, 0.3) is 0 Å². The molecule has 196 valence electrons. The molecule has 1 heteroatoms. The second-order valence-corrected chi connectivity index (χ2v) is 7.90. The summed E-state index contributed by atoms with van der Waals surface area (Å²) in [6.45, 7) is 21.8. The molecule has 0 aromatic carbocycles. The molecule has 3 aliphatic rings. The average molecular weight is 620 g/mol. The molecule has 1 fully saturated rings. The Kier molecular flexibility index (Phi) is 41.1. The molecule has 0 saturated heterocycles. The van der Waals surface area contributed by atoms with Crippen LogP contribution in [0.25, 0.3) is 0 Å². The number of allylic oxidation sites excluding steroid dienone is 8. The second-order valence-electron chi connectivity index (χ2n) is 7.90. The van der Waals surface area contributed by atoms with Gasteiger partial charge in [0.15, 0.2) is 0 Å². The van der Waals surface area contributed by atoms with Crippen LogP contribution in [0.5, 0.6) is 0 Å². The standard InChI is InChI=1S/C13H19.C5H5.3C4H9.2CH3.Hf/c1-3-13(4-2)9-8-11-6-5-7-12(11)10-13;1-2-4-5-3-1;3*1-3-4-2;;;/h7-11H,3-6H2,1-2H3;1-3H,4H2;3*1,3-4H2,2H3;2*1H3;/q7*-1;. The molecule has 33 heavy (non-hydrogen) atoms. The fraction of sp³-hybridized carbons (Fsp3) is 0.562. The zero-order valence-corrected chi connectivity index (χ0v) is 27.1. The van der Waals surface area contributed by atoms with E-state index >= 15 is 0 Å². The Hall–Kier alpha value is -0.300. The van der Waals surface area contributed by atoms with Crippen molar-refractivity contribution in [3.63, 3.8) is 0 Å². The summed E-state index contributed by atoms with van der Waals surface area (Å²) in [4.78, 5) is 0. The van der Waals surface area contributed by atoms with Crippen LogP contribution in [0.1, 0.15) is 105 Å². The van der Waals surface area contributed by atoms with E-state index in [-0.39, 0.29) is 40.7 Å². The molecule has 0 aromatic heterocycles. The van der Waals surface area contributed by atoms with Gasteiger partial charge in [0.2, 0.25) is 0 Å². The van der Waals surface area contributed by atoms with Crippen molar-refractivity contribution in [1.29, 1.82) is 0 Å². The van der Waals surface area contributed by atoms with Crippen LogP contribution >= 0.6 is 0 Å². The Morgan fingerprint density at radius 3 is 1.73 bits per heavy atom. The van der Waals surface area contributed by atoms with E-state index in [4.69, 9.17) is 0 Å². The van der Waals surface area contributed by atoms with Crippen LogP contribution in [0.2, 0.25) is 0 Å². The monoisotopic (exact) mass is 621 g/mol. The van der Waals surface area contributed by atoms with Crippen molar-refractivity contribution in [3.05, 3.63) is 90.2 Å². The summed E-state index contributed by atoms with van der Waals surface area (Å²) in [5, 5.41) is 0. The number of fused-ring (bicyclic) bond motifs is 1. The van der Waals surface area contributed by atoms with E-state index in [1.165, 1.54) is 44.9 Å². The smallest absolute Gasteiger partial charge is 0 e. The molecule has 1 saturated carbocycles. The molecule has 3 rings (SSSR count). The van der Waals surface area contributed by atoms with Crippen molar-refractivity contribution < 1.29 is 25.8 Å². The van der Waals surface area contributed by atoms with Gasteiger partial charge in [-0.3, -0.25) is 6.08 Å². The number of hydrogen-bond acceptors (Lipinski definition) is 0. The number of hydrogen-bond donors (Lipinski definition) is 0. The molecule has 0 heterocycles. The first kappa shape index (κ1) is 42.8. The maximum absolute atomic E-state index is 3.60. The van der Waals surface area contributed by atoms with Crippen LogP contribution < -0.4 is 0 Å². The Morgan fingerprint density at radius 2 is 1.42 bits per heavy atom. The zero-order chi connectivity index (χ0) is 23.1. The Morgan fingerprint density at radius 1 is 0.939 bits per heavy atom. The summed E-state index contributed by atoms with van der Waals surface area (Å²) in [7, 11) is 0. The van der Waals surface area contributed by atoms with Gasteiger partial charge in [-0.15, -0.1) is 12.8 Å². The van der Waals surface area contributed by atoms with Gasteiger partial charge < -0.3 is 35.6 Å². The van der Waals surface area contributed by atoms with E-state index < -0.39 is 0 Å². The van der Waals surface area contributed by atoms with E-state index in [0.29, 0.717) is 5.41 Å². The molecule has 0 nitrogen and oxygen atoms in total. The Bertz CT molecular complexity index is 437. The molecule has 0 bridgehead atoms. The minimum absolute atomic E-state index is 0. The summed E-state index contributed by atoms with van der Waals surface area (Å²) < 4.78 is 0. The zero-order valence-electron chi connectivity index (χ0n) is 23.5.